The molecule has 1 amide bonds. The number of hydrogen-bond donors (Lipinski definition) is 1. The maximum absolute atomic E-state index is 12.1. The highest BCUT2D eigenvalue weighted by atomic mass is 32.1. The zero-order valence-corrected chi connectivity index (χ0v) is 16.0. The van der Waals surface area contributed by atoms with Crippen LogP contribution in [0.25, 0.3) is 0 Å². The van der Waals surface area contributed by atoms with Crippen molar-refractivity contribution in [3.63, 3.8) is 0 Å². The van der Waals surface area contributed by atoms with Crippen molar-refractivity contribution < 1.29 is 4.79 Å². The van der Waals surface area contributed by atoms with Crippen LogP contribution in [0.1, 0.15) is 15.2 Å². The van der Waals surface area contributed by atoms with Gasteiger partial charge in [-0.2, -0.15) is 0 Å². The topological polar surface area (TPSA) is 35.6 Å². The molecule has 1 N–H and O–H groups in total. The van der Waals surface area contributed by atoms with Crippen LogP contribution in [-0.2, 0) is 6.54 Å². The summed E-state index contributed by atoms with van der Waals surface area (Å²) < 4.78 is 0. The fourth-order valence-corrected chi connectivity index (χ4v) is 3.97. The van der Waals surface area contributed by atoms with Gasteiger partial charge < -0.3 is 10.2 Å². The maximum atomic E-state index is 12.1. The van der Waals surface area contributed by atoms with Crippen LogP contribution >= 0.6 is 11.3 Å². The minimum absolute atomic E-state index is 0.0465. The standard InChI is InChI=1S/C22H23N3OS/c26-22(21-7-4-16-27-21)23-19-10-8-18(9-11-19)17-24-12-14-25(15-13-24)20-5-2-1-3-6-20/h1-11,16H,12-15,17H2,(H,23,26). The summed E-state index contributed by atoms with van der Waals surface area (Å²) in [5.41, 5.74) is 3.42. The lowest BCUT2D eigenvalue weighted by Crippen LogP contribution is -2.45. The van der Waals surface area contributed by atoms with Crippen molar-refractivity contribution in [2.45, 2.75) is 6.54 Å². The first-order chi connectivity index (χ1) is 13.3. The van der Waals surface area contributed by atoms with Crippen LogP contribution in [0.2, 0.25) is 0 Å². The van der Waals surface area contributed by atoms with Gasteiger partial charge in [-0.15, -0.1) is 11.3 Å². The lowest BCUT2D eigenvalue weighted by atomic mass is 10.1. The van der Waals surface area contributed by atoms with Gasteiger partial charge >= 0.3 is 0 Å². The van der Waals surface area contributed by atoms with Crippen molar-refractivity contribution in [1.29, 1.82) is 0 Å². The Kier molecular flexibility index (Phi) is 5.51. The molecule has 3 aromatic rings. The molecule has 138 valence electrons. The van der Waals surface area contributed by atoms with E-state index in [0.29, 0.717) is 0 Å². The van der Waals surface area contributed by atoms with E-state index in [9.17, 15) is 4.79 Å². The molecule has 2 heterocycles. The summed E-state index contributed by atoms with van der Waals surface area (Å²) in [5, 5.41) is 4.86. The van der Waals surface area contributed by atoms with E-state index >= 15 is 0 Å². The Hall–Kier alpha value is -2.63. The summed E-state index contributed by atoms with van der Waals surface area (Å²) in [7, 11) is 0. The van der Waals surface area contributed by atoms with Crippen LogP contribution in [0, 0.1) is 0 Å². The van der Waals surface area contributed by atoms with Crippen molar-refractivity contribution >= 4 is 28.6 Å². The highest BCUT2D eigenvalue weighted by Gasteiger charge is 2.17. The van der Waals surface area contributed by atoms with Crippen molar-refractivity contribution in [2.24, 2.45) is 0 Å². The lowest BCUT2D eigenvalue weighted by molar-refractivity contribution is 0.103. The second-order valence-electron chi connectivity index (χ2n) is 6.73. The lowest BCUT2D eigenvalue weighted by Gasteiger charge is -2.36. The summed E-state index contributed by atoms with van der Waals surface area (Å²) >= 11 is 1.45. The quantitative estimate of drug-likeness (QED) is 0.719. The van der Waals surface area contributed by atoms with Gasteiger partial charge in [-0.05, 0) is 41.3 Å². The third kappa shape index (κ3) is 4.56. The molecule has 2 aromatic carbocycles. The van der Waals surface area contributed by atoms with E-state index in [1.54, 1.807) is 0 Å². The summed E-state index contributed by atoms with van der Waals surface area (Å²) in [4.78, 5) is 17.8. The molecule has 0 spiro atoms. The van der Waals surface area contributed by atoms with Gasteiger partial charge in [0.25, 0.3) is 5.91 Å². The predicted molar refractivity (Wildman–Crippen MR) is 113 cm³/mol. The molecule has 0 unspecified atom stereocenters. The minimum atomic E-state index is -0.0465. The van der Waals surface area contributed by atoms with Crippen molar-refractivity contribution in [3.8, 4) is 0 Å². The van der Waals surface area contributed by atoms with Gasteiger partial charge in [-0.25, -0.2) is 0 Å². The van der Waals surface area contributed by atoms with Crippen LogP contribution in [0.3, 0.4) is 0 Å². The molecule has 1 aliphatic rings. The molecule has 0 aliphatic carbocycles. The molecule has 1 aliphatic heterocycles. The third-order valence-electron chi connectivity index (χ3n) is 4.86. The molecule has 5 heteroatoms. The second-order valence-corrected chi connectivity index (χ2v) is 7.67. The third-order valence-corrected chi connectivity index (χ3v) is 5.73. The monoisotopic (exact) mass is 377 g/mol. The van der Waals surface area contributed by atoms with Crippen molar-refractivity contribution in [2.75, 3.05) is 36.4 Å². The summed E-state index contributed by atoms with van der Waals surface area (Å²) in [6.45, 7) is 5.18. The SMILES string of the molecule is O=C(Nc1ccc(CN2CCN(c3ccccc3)CC2)cc1)c1cccs1. The number of rotatable bonds is 5. The molecule has 4 rings (SSSR count). The maximum Gasteiger partial charge on any atom is 0.265 e. The van der Waals surface area contributed by atoms with Gasteiger partial charge in [-0.3, -0.25) is 9.69 Å². The zero-order chi connectivity index (χ0) is 18.5. The fourth-order valence-electron chi connectivity index (χ4n) is 3.36. The normalized spacial score (nSPS) is 14.9. The zero-order valence-electron chi connectivity index (χ0n) is 15.2. The first-order valence-electron chi connectivity index (χ1n) is 9.24. The van der Waals surface area contributed by atoms with E-state index in [1.807, 2.05) is 29.6 Å². The van der Waals surface area contributed by atoms with Gasteiger partial charge in [0.05, 0.1) is 4.88 Å². The molecular weight excluding hydrogens is 354 g/mol. The van der Waals surface area contributed by atoms with E-state index < -0.39 is 0 Å². The van der Waals surface area contributed by atoms with E-state index in [2.05, 4.69) is 57.6 Å². The molecule has 0 atom stereocenters. The number of thiophene rings is 1. The molecular formula is C22H23N3OS. The average molecular weight is 378 g/mol. The highest BCUT2D eigenvalue weighted by Crippen LogP contribution is 2.18. The van der Waals surface area contributed by atoms with E-state index in [-0.39, 0.29) is 5.91 Å². The molecule has 1 fully saturated rings. The fraction of sp³-hybridized carbons (Fsp3) is 0.227. The first kappa shape index (κ1) is 17.8. The number of anilines is 2. The second kappa shape index (κ2) is 8.37. The molecule has 0 bridgehead atoms. The summed E-state index contributed by atoms with van der Waals surface area (Å²) in [6.07, 6.45) is 0. The number of para-hydroxylation sites is 1. The molecule has 1 aromatic heterocycles. The number of carbonyl (C=O) groups excluding carboxylic acids is 1. The molecule has 0 saturated carbocycles. The predicted octanol–water partition coefficient (Wildman–Crippen LogP) is 4.32. The minimum Gasteiger partial charge on any atom is -0.369 e. The van der Waals surface area contributed by atoms with Gasteiger partial charge in [0.2, 0.25) is 0 Å². The van der Waals surface area contributed by atoms with Crippen molar-refractivity contribution in [1.82, 2.24) is 4.90 Å². The van der Waals surface area contributed by atoms with Gasteiger partial charge in [0, 0.05) is 44.1 Å². The van der Waals surface area contributed by atoms with Crippen LogP contribution in [-0.4, -0.2) is 37.0 Å². The Balaban J connectivity index is 1.28. The number of nitrogens with zero attached hydrogens (tertiary/aromatic N) is 2. The number of piperazine rings is 1. The van der Waals surface area contributed by atoms with Gasteiger partial charge in [-0.1, -0.05) is 36.4 Å². The number of hydrogen-bond acceptors (Lipinski definition) is 4. The van der Waals surface area contributed by atoms with Crippen LogP contribution in [0.4, 0.5) is 11.4 Å². The Morgan fingerprint density at radius 1 is 0.889 bits per heavy atom. The van der Waals surface area contributed by atoms with Gasteiger partial charge in [0.15, 0.2) is 0 Å². The van der Waals surface area contributed by atoms with Crippen molar-refractivity contribution in [3.05, 3.63) is 82.6 Å². The largest absolute Gasteiger partial charge is 0.369 e. The van der Waals surface area contributed by atoms with Crippen LogP contribution in [0.5, 0.6) is 0 Å². The Morgan fingerprint density at radius 2 is 1.63 bits per heavy atom. The molecule has 1 saturated heterocycles. The average Bonchev–Trinajstić information content (AvgIpc) is 3.26. The van der Waals surface area contributed by atoms with E-state index in [0.717, 1.165) is 43.3 Å². The van der Waals surface area contributed by atoms with Gasteiger partial charge in [0.1, 0.15) is 0 Å². The Morgan fingerprint density at radius 3 is 2.30 bits per heavy atom. The van der Waals surface area contributed by atoms with Crippen LogP contribution < -0.4 is 10.2 Å². The first-order valence-corrected chi connectivity index (χ1v) is 10.1. The van der Waals surface area contributed by atoms with Crippen LogP contribution in [0.15, 0.2) is 72.1 Å². The summed E-state index contributed by atoms with van der Waals surface area (Å²) in [5.74, 6) is -0.0465. The number of amides is 1. The number of benzene rings is 2. The Bertz CT molecular complexity index is 854. The van der Waals surface area contributed by atoms with E-state index in [1.165, 1.54) is 22.6 Å². The Labute approximate surface area is 164 Å². The number of nitrogens with one attached hydrogen (secondary N) is 1. The highest BCUT2D eigenvalue weighted by molar-refractivity contribution is 7.12. The summed E-state index contributed by atoms with van der Waals surface area (Å²) in [6, 6.07) is 22.5. The smallest absolute Gasteiger partial charge is 0.265 e. The molecule has 4 nitrogen and oxygen atoms in total. The number of carbonyl (C=O) groups is 1. The van der Waals surface area contributed by atoms with E-state index in [4.69, 9.17) is 0 Å². The molecule has 0 radical (unpaired) electrons. The molecule has 27 heavy (non-hydrogen) atoms.